The third kappa shape index (κ3) is 3.04. The predicted octanol–water partition coefficient (Wildman–Crippen LogP) is 3.42. The Labute approximate surface area is 142 Å². The highest BCUT2D eigenvalue weighted by molar-refractivity contribution is 5.65. The van der Waals surface area contributed by atoms with Crippen molar-refractivity contribution in [1.82, 2.24) is 24.4 Å². The summed E-state index contributed by atoms with van der Waals surface area (Å²) < 4.78 is 2.12. The molecule has 1 fully saturated rings. The molecule has 0 N–H and O–H groups in total. The molecule has 3 aromatic rings. The van der Waals surface area contributed by atoms with Crippen molar-refractivity contribution in [1.29, 1.82) is 0 Å². The molecule has 1 aliphatic rings. The summed E-state index contributed by atoms with van der Waals surface area (Å²) in [5.74, 6) is 0. The minimum atomic E-state index is 0.190. The first kappa shape index (κ1) is 15.3. The molecule has 0 saturated carbocycles. The minimum Gasteiger partial charge on any atom is -0.307 e. The van der Waals surface area contributed by atoms with Crippen molar-refractivity contribution in [2.45, 2.75) is 38.8 Å². The van der Waals surface area contributed by atoms with Gasteiger partial charge in [-0.1, -0.05) is 36.8 Å². The summed E-state index contributed by atoms with van der Waals surface area (Å²) in [6.45, 7) is 5.39. The van der Waals surface area contributed by atoms with E-state index in [0.717, 1.165) is 23.5 Å². The number of aromatic nitrogens is 4. The van der Waals surface area contributed by atoms with Crippen molar-refractivity contribution in [2.24, 2.45) is 0 Å². The van der Waals surface area contributed by atoms with Gasteiger partial charge in [0.1, 0.15) is 0 Å². The number of imidazole rings is 1. The van der Waals surface area contributed by atoms with E-state index in [1.807, 2.05) is 18.6 Å². The average molecular weight is 321 g/mol. The molecule has 5 heteroatoms. The highest BCUT2D eigenvalue weighted by Gasteiger charge is 2.16. The molecule has 0 amide bonds. The van der Waals surface area contributed by atoms with Crippen molar-refractivity contribution in [3.05, 3.63) is 54.1 Å². The lowest BCUT2D eigenvalue weighted by Gasteiger charge is -2.25. The highest BCUT2D eigenvalue weighted by Crippen LogP contribution is 2.22. The van der Waals surface area contributed by atoms with Gasteiger partial charge in [0.15, 0.2) is 11.3 Å². The molecular weight excluding hydrogens is 298 g/mol. The van der Waals surface area contributed by atoms with Crippen LogP contribution in [0.15, 0.2) is 42.9 Å². The molecule has 1 aromatic carbocycles. The van der Waals surface area contributed by atoms with Gasteiger partial charge in [-0.05, 0) is 38.4 Å². The number of rotatable bonds is 4. The SMILES string of the molecule is C[C@@H](c1ccccc1)n1cnc2ncc(CN3CCCCC3)nc21. The smallest absolute Gasteiger partial charge is 0.197 e. The molecule has 0 spiro atoms. The Balaban J connectivity index is 1.63. The number of benzene rings is 1. The Hall–Kier alpha value is -2.27. The minimum absolute atomic E-state index is 0.190. The summed E-state index contributed by atoms with van der Waals surface area (Å²) in [7, 11) is 0. The van der Waals surface area contributed by atoms with Gasteiger partial charge in [0.05, 0.1) is 24.3 Å². The number of likely N-dealkylation sites (tertiary alicyclic amines) is 1. The first-order chi connectivity index (χ1) is 11.8. The third-order valence-electron chi connectivity index (χ3n) is 4.87. The van der Waals surface area contributed by atoms with Gasteiger partial charge in [0, 0.05) is 6.54 Å². The molecule has 0 bridgehead atoms. The number of nitrogens with zero attached hydrogens (tertiary/aromatic N) is 5. The van der Waals surface area contributed by atoms with Gasteiger partial charge < -0.3 is 4.57 Å². The second-order valence-electron chi connectivity index (χ2n) is 6.58. The molecule has 5 nitrogen and oxygen atoms in total. The summed E-state index contributed by atoms with van der Waals surface area (Å²) in [4.78, 5) is 16.3. The molecule has 24 heavy (non-hydrogen) atoms. The molecule has 2 aromatic heterocycles. The molecule has 1 atom stereocenters. The zero-order chi connectivity index (χ0) is 16.4. The molecule has 3 heterocycles. The Bertz CT molecular complexity index is 805. The third-order valence-corrected chi connectivity index (χ3v) is 4.87. The second-order valence-corrected chi connectivity index (χ2v) is 6.58. The van der Waals surface area contributed by atoms with E-state index >= 15 is 0 Å². The summed E-state index contributed by atoms with van der Waals surface area (Å²) in [5, 5.41) is 0. The maximum Gasteiger partial charge on any atom is 0.197 e. The summed E-state index contributed by atoms with van der Waals surface area (Å²) in [5.41, 5.74) is 3.88. The van der Waals surface area contributed by atoms with Crippen LogP contribution in [0.5, 0.6) is 0 Å². The molecule has 4 rings (SSSR count). The fraction of sp³-hybridized carbons (Fsp3) is 0.421. The zero-order valence-corrected chi connectivity index (χ0v) is 14.1. The lowest BCUT2D eigenvalue weighted by molar-refractivity contribution is 0.218. The van der Waals surface area contributed by atoms with Crippen LogP contribution in [0.4, 0.5) is 0 Å². The van der Waals surface area contributed by atoms with Crippen molar-refractivity contribution >= 4 is 11.3 Å². The Kier molecular flexibility index (Phi) is 4.26. The van der Waals surface area contributed by atoms with Crippen LogP contribution in [0.1, 0.15) is 43.5 Å². The Morgan fingerprint density at radius 3 is 2.62 bits per heavy atom. The average Bonchev–Trinajstić information content (AvgIpc) is 3.06. The van der Waals surface area contributed by atoms with Crippen LogP contribution in [0.25, 0.3) is 11.3 Å². The molecular formula is C19H23N5. The van der Waals surface area contributed by atoms with Crippen LogP contribution in [-0.4, -0.2) is 37.5 Å². The van der Waals surface area contributed by atoms with E-state index in [4.69, 9.17) is 4.98 Å². The highest BCUT2D eigenvalue weighted by atomic mass is 15.2. The maximum atomic E-state index is 4.87. The van der Waals surface area contributed by atoms with Gasteiger partial charge in [0.25, 0.3) is 0 Å². The van der Waals surface area contributed by atoms with Crippen molar-refractivity contribution in [3.63, 3.8) is 0 Å². The first-order valence-electron chi connectivity index (χ1n) is 8.77. The van der Waals surface area contributed by atoms with E-state index in [9.17, 15) is 0 Å². The van der Waals surface area contributed by atoms with Gasteiger partial charge in [-0.15, -0.1) is 0 Å². The monoisotopic (exact) mass is 321 g/mol. The van der Waals surface area contributed by atoms with Gasteiger partial charge in [-0.25, -0.2) is 15.0 Å². The van der Waals surface area contributed by atoms with E-state index in [-0.39, 0.29) is 6.04 Å². The van der Waals surface area contributed by atoms with Gasteiger partial charge in [-0.3, -0.25) is 4.90 Å². The quantitative estimate of drug-likeness (QED) is 0.739. The van der Waals surface area contributed by atoms with Crippen LogP contribution in [0.3, 0.4) is 0 Å². The second kappa shape index (κ2) is 6.69. The normalized spacial score (nSPS) is 17.2. The number of piperidine rings is 1. The van der Waals surface area contributed by atoms with Crippen molar-refractivity contribution in [3.8, 4) is 0 Å². The van der Waals surface area contributed by atoms with Gasteiger partial charge >= 0.3 is 0 Å². The summed E-state index contributed by atoms with van der Waals surface area (Å²) >= 11 is 0. The van der Waals surface area contributed by atoms with Gasteiger partial charge in [-0.2, -0.15) is 0 Å². The van der Waals surface area contributed by atoms with E-state index in [0.29, 0.717) is 0 Å². The summed E-state index contributed by atoms with van der Waals surface area (Å²) in [6, 6.07) is 10.6. The van der Waals surface area contributed by atoms with E-state index in [1.165, 1.54) is 37.9 Å². The number of hydrogen-bond donors (Lipinski definition) is 0. The van der Waals surface area contributed by atoms with Crippen LogP contribution >= 0.6 is 0 Å². The Morgan fingerprint density at radius 2 is 1.83 bits per heavy atom. The molecule has 0 aliphatic carbocycles. The molecule has 0 radical (unpaired) electrons. The van der Waals surface area contributed by atoms with E-state index in [1.54, 1.807) is 0 Å². The van der Waals surface area contributed by atoms with E-state index < -0.39 is 0 Å². The largest absolute Gasteiger partial charge is 0.307 e. The fourth-order valence-electron chi connectivity index (χ4n) is 3.44. The Morgan fingerprint density at radius 1 is 1.04 bits per heavy atom. The molecule has 1 aliphatic heterocycles. The first-order valence-corrected chi connectivity index (χ1v) is 8.77. The van der Waals surface area contributed by atoms with E-state index in [2.05, 4.69) is 50.6 Å². The predicted molar refractivity (Wildman–Crippen MR) is 94.7 cm³/mol. The lowest BCUT2D eigenvalue weighted by Crippen LogP contribution is -2.29. The molecule has 1 saturated heterocycles. The standard InChI is InChI=1S/C19H23N5/c1-15(16-8-4-2-5-9-16)24-14-21-18-19(24)22-17(12-20-18)13-23-10-6-3-7-11-23/h2,4-5,8-9,12,14-15H,3,6-7,10-11,13H2,1H3/t15-/m0/s1. The van der Waals surface area contributed by atoms with Crippen LogP contribution in [0.2, 0.25) is 0 Å². The maximum absolute atomic E-state index is 4.87. The lowest BCUT2D eigenvalue weighted by atomic mass is 10.1. The van der Waals surface area contributed by atoms with Crippen LogP contribution < -0.4 is 0 Å². The zero-order valence-electron chi connectivity index (χ0n) is 14.1. The fourth-order valence-corrected chi connectivity index (χ4v) is 3.44. The number of fused-ring (bicyclic) bond motifs is 1. The topological polar surface area (TPSA) is 46.8 Å². The summed E-state index contributed by atoms with van der Waals surface area (Å²) in [6.07, 6.45) is 7.66. The van der Waals surface area contributed by atoms with Crippen molar-refractivity contribution in [2.75, 3.05) is 13.1 Å². The van der Waals surface area contributed by atoms with Crippen LogP contribution in [-0.2, 0) is 6.54 Å². The molecule has 0 unspecified atom stereocenters. The number of hydrogen-bond acceptors (Lipinski definition) is 4. The van der Waals surface area contributed by atoms with Crippen molar-refractivity contribution < 1.29 is 0 Å². The van der Waals surface area contributed by atoms with Gasteiger partial charge in [0.2, 0.25) is 0 Å². The molecule has 124 valence electrons. The van der Waals surface area contributed by atoms with Crippen LogP contribution in [0, 0.1) is 0 Å².